The number of aliphatic hydroxyl groups is 1. The molecule has 0 saturated carbocycles. The van der Waals surface area contributed by atoms with Crippen molar-refractivity contribution >= 4 is 15.6 Å². The Kier molecular flexibility index (Phi) is 9.20. The van der Waals surface area contributed by atoms with E-state index < -0.39 is 8.07 Å². The summed E-state index contributed by atoms with van der Waals surface area (Å²) in [7, 11) is 0.642. The number of rotatable bonds is 10. The predicted octanol–water partition coefficient (Wildman–Crippen LogP) is 2.23. The van der Waals surface area contributed by atoms with Gasteiger partial charge in [-0.05, 0) is 18.4 Å². The van der Waals surface area contributed by atoms with Crippen molar-refractivity contribution in [2.24, 2.45) is 11.8 Å². The summed E-state index contributed by atoms with van der Waals surface area (Å²) in [4.78, 5) is 0. The average molecular weight is 330 g/mol. The van der Waals surface area contributed by atoms with Crippen LogP contribution < -0.4 is 0 Å². The summed E-state index contributed by atoms with van der Waals surface area (Å²) in [6.07, 6.45) is 0.609. The van der Waals surface area contributed by atoms with Gasteiger partial charge in [0.1, 0.15) is 6.79 Å². The van der Waals surface area contributed by atoms with Crippen molar-refractivity contribution in [3.63, 3.8) is 0 Å². The molecule has 1 aliphatic heterocycles. The van der Waals surface area contributed by atoms with Gasteiger partial charge in [0.25, 0.3) is 0 Å². The topological polar surface area (TPSA) is 51.2 Å². The average Bonchev–Trinajstić information content (AvgIpc) is 2.44. The van der Waals surface area contributed by atoms with Gasteiger partial charge in [-0.25, -0.2) is 5.06 Å². The van der Waals surface area contributed by atoms with Crippen molar-refractivity contribution in [1.82, 2.24) is 5.06 Å². The highest BCUT2D eigenvalue weighted by Crippen LogP contribution is 2.25. The van der Waals surface area contributed by atoms with Gasteiger partial charge in [0.15, 0.2) is 0 Å². The summed E-state index contributed by atoms with van der Waals surface area (Å²) in [5, 5.41) is 12.3. The summed E-state index contributed by atoms with van der Waals surface area (Å²) in [6.45, 7) is 14.0. The molecule has 5 nitrogen and oxygen atoms in total. The minimum Gasteiger partial charge on any atom is -0.392 e. The smallest absolute Gasteiger partial charge is 0.321 e. The summed E-state index contributed by atoms with van der Waals surface area (Å²) >= 11 is 0. The van der Waals surface area contributed by atoms with E-state index in [1.807, 2.05) is 11.9 Å². The van der Waals surface area contributed by atoms with Gasteiger partial charge in [0.2, 0.25) is 0 Å². The number of piperidine rings is 1. The standard InChI is InChI=1S/C15H33BNO4Si/c1-6-13-9-17(21-16-2)10-14(15(13)18)11-20-12-19-7-8-22(3,4)5/h13-15,18H,6-12H2,1-5H3/t13-,14-,15-/m1/s1. The lowest BCUT2D eigenvalue weighted by Crippen LogP contribution is -2.50. The number of hydroxylamine groups is 2. The maximum Gasteiger partial charge on any atom is 0.321 e. The van der Waals surface area contributed by atoms with Crippen molar-refractivity contribution in [3.05, 3.63) is 0 Å². The molecule has 0 aliphatic carbocycles. The monoisotopic (exact) mass is 330 g/mol. The maximum absolute atomic E-state index is 10.4. The fourth-order valence-corrected chi connectivity index (χ4v) is 3.41. The summed E-state index contributed by atoms with van der Waals surface area (Å²) in [6, 6.07) is 1.15. The minimum absolute atomic E-state index is 0.0687. The molecule has 0 aromatic heterocycles. The normalized spacial score (nSPS) is 27.1. The Morgan fingerprint density at radius 2 is 1.86 bits per heavy atom. The number of hydrogen-bond acceptors (Lipinski definition) is 5. The second-order valence-electron chi connectivity index (χ2n) is 7.31. The Hall–Kier alpha value is 0.0818. The zero-order chi connectivity index (χ0) is 16.6. The van der Waals surface area contributed by atoms with Crippen LogP contribution in [0.25, 0.3) is 0 Å². The van der Waals surface area contributed by atoms with Crippen LogP contribution in [0.4, 0.5) is 0 Å². The Morgan fingerprint density at radius 1 is 1.18 bits per heavy atom. The molecule has 0 bridgehead atoms. The lowest BCUT2D eigenvalue weighted by molar-refractivity contribution is -0.163. The van der Waals surface area contributed by atoms with Gasteiger partial charge in [0.05, 0.1) is 12.7 Å². The second-order valence-corrected chi connectivity index (χ2v) is 12.9. The van der Waals surface area contributed by atoms with E-state index in [0.29, 0.717) is 19.9 Å². The van der Waals surface area contributed by atoms with Crippen LogP contribution in [0.3, 0.4) is 0 Å². The largest absolute Gasteiger partial charge is 0.392 e. The molecule has 129 valence electrons. The molecule has 1 aliphatic rings. The molecule has 1 heterocycles. The predicted molar refractivity (Wildman–Crippen MR) is 92.5 cm³/mol. The first-order valence-corrected chi connectivity index (χ1v) is 12.1. The molecule has 0 aromatic rings. The van der Waals surface area contributed by atoms with Crippen LogP contribution >= 0.6 is 0 Å². The van der Waals surface area contributed by atoms with E-state index in [2.05, 4.69) is 26.6 Å². The molecule has 1 radical (unpaired) electrons. The molecule has 22 heavy (non-hydrogen) atoms. The number of aliphatic hydroxyl groups excluding tert-OH is 1. The van der Waals surface area contributed by atoms with Crippen molar-refractivity contribution in [3.8, 4) is 0 Å². The quantitative estimate of drug-likeness (QED) is 0.378. The Balaban J connectivity index is 2.27. The van der Waals surface area contributed by atoms with E-state index in [0.717, 1.165) is 25.6 Å². The lowest BCUT2D eigenvalue weighted by Gasteiger charge is -2.40. The van der Waals surface area contributed by atoms with Gasteiger partial charge in [0, 0.05) is 33.7 Å². The van der Waals surface area contributed by atoms with E-state index in [-0.39, 0.29) is 17.9 Å². The van der Waals surface area contributed by atoms with Crippen LogP contribution in [-0.4, -0.2) is 64.9 Å². The Bertz CT molecular complexity index is 304. The maximum atomic E-state index is 10.4. The molecular formula is C15H33BNO4Si. The highest BCUT2D eigenvalue weighted by Gasteiger charge is 2.35. The van der Waals surface area contributed by atoms with Gasteiger partial charge < -0.3 is 19.3 Å². The molecule has 0 spiro atoms. The number of nitrogens with zero attached hydrogens (tertiary/aromatic N) is 1. The van der Waals surface area contributed by atoms with E-state index in [4.69, 9.17) is 14.2 Å². The third kappa shape index (κ3) is 7.57. The highest BCUT2D eigenvalue weighted by molar-refractivity contribution is 6.76. The summed E-state index contributed by atoms with van der Waals surface area (Å²) < 4.78 is 16.7. The zero-order valence-corrected chi connectivity index (χ0v) is 15.9. The molecule has 1 fully saturated rings. The SMILES string of the molecule is C[B]ON1C[C@@H](CC)[C@@H](O)[C@@H](COCOCC[Si](C)(C)C)C1. The second kappa shape index (κ2) is 10.1. The van der Waals surface area contributed by atoms with Crippen LogP contribution in [-0.2, 0) is 14.2 Å². The van der Waals surface area contributed by atoms with Gasteiger partial charge in [-0.1, -0.05) is 33.4 Å². The van der Waals surface area contributed by atoms with Crippen LogP contribution in [0.5, 0.6) is 0 Å². The Labute approximate surface area is 137 Å². The van der Waals surface area contributed by atoms with Crippen LogP contribution in [0.15, 0.2) is 0 Å². The molecule has 1 rings (SSSR count). The molecule has 0 amide bonds. The first kappa shape index (κ1) is 20.1. The molecule has 3 atom stereocenters. The Morgan fingerprint density at radius 3 is 2.45 bits per heavy atom. The number of hydrogen-bond donors (Lipinski definition) is 1. The third-order valence-electron chi connectivity index (χ3n) is 4.12. The van der Waals surface area contributed by atoms with Gasteiger partial charge in [-0.3, -0.25) is 0 Å². The molecule has 1 N–H and O–H groups in total. The molecule has 0 aromatic carbocycles. The van der Waals surface area contributed by atoms with Crippen molar-refractivity contribution in [1.29, 1.82) is 0 Å². The minimum atomic E-state index is -1.04. The van der Waals surface area contributed by atoms with E-state index >= 15 is 0 Å². The fraction of sp³-hybridized carbons (Fsp3) is 1.00. The fourth-order valence-electron chi connectivity index (χ4n) is 2.65. The molecular weight excluding hydrogens is 297 g/mol. The van der Waals surface area contributed by atoms with Crippen LogP contribution in [0.2, 0.25) is 32.5 Å². The summed E-state index contributed by atoms with van der Waals surface area (Å²) in [5.41, 5.74) is 0. The number of ether oxygens (including phenoxy) is 2. The van der Waals surface area contributed by atoms with Crippen molar-refractivity contribution < 1.29 is 19.3 Å². The van der Waals surface area contributed by atoms with E-state index in [1.54, 1.807) is 7.48 Å². The van der Waals surface area contributed by atoms with Crippen molar-refractivity contribution in [2.45, 2.75) is 52.0 Å². The molecule has 1 saturated heterocycles. The van der Waals surface area contributed by atoms with E-state index in [1.165, 1.54) is 0 Å². The van der Waals surface area contributed by atoms with E-state index in [9.17, 15) is 5.11 Å². The third-order valence-corrected chi connectivity index (χ3v) is 5.82. The first-order valence-electron chi connectivity index (χ1n) is 8.40. The van der Waals surface area contributed by atoms with Gasteiger partial charge in [-0.2, -0.15) is 0 Å². The van der Waals surface area contributed by atoms with Gasteiger partial charge in [-0.15, -0.1) is 0 Å². The van der Waals surface area contributed by atoms with Crippen molar-refractivity contribution in [2.75, 3.05) is 33.1 Å². The summed E-state index contributed by atoms with van der Waals surface area (Å²) in [5.74, 6) is 0.300. The van der Waals surface area contributed by atoms with Gasteiger partial charge >= 0.3 is 7.48 Å². The lowest BCUT2D eigenvalue weighted by atomic mass is 9.85. The molecule has 0 unspecified atom stereocenters. The van der Waals surface area contributed by atoms with Crippen LogP contribution in [0.1, 0.15) is 13.3 Å². The molecule has 7 heteroatoms. The van der Waals surface area contributed by atoms with Crippen LogP contribution in [0, 0.1) is 11.8 Å². The zero-order valence-electron chi connectivity index (χ0n) is 14.9. The highest BCUT2D eigenvalue weighted by atomic mass is 28.3. The first-order chi connectivity index (χ1) is 10.4.